The molecule has 161 valence electrons. The monoisotopic (exact) mass is 397 g/mol. The maximum Gasteiger partial charge on any atom is 0.252 e. The molecule has 0 aromatic heterocycles. The number of carbonyl (C=O) groups excluding carboxylic acids is 4. The maximum atomic E-state index is 12.9. The van der Waals surface area contributed by atoms with Gasteiger partial charge in [-0.15, -0.1) is 0 Å². The summed E-state index contributed by atoms with van der Waals surface area (Å²) in [6.07, 6.45) is 4.73. The largest absolute Gasteiger partial charge is 0.343 e. The average molecular weight is 398 g/mol. The summed E-state index contributed by atoms with van der Waals surface area (Å²) in [6.45, 7) is 7.82. The van der Waals surface area contributed by atoms with Crippen molar-refractivity contribution in [2.75, 3.05) is 13.1 Å². The number of hydrogen-bond acceptors (Lipinski definition) is 6. The highest BCUT2D eigenvalue weighted by molar-refractivity contribution is 6.01. The number of carbonyl (C=O) groups is 3. The van der Waals surface area contributed by atoms with E-state index in [1.165, 1.54) is 0 Å². The molecule has 0 fully saturated rings. The molecule has 3 amide bonds. The van der Waals surface area contributed by atoms with Crippen molar-refractivity contribution < 1.29 is 19.2 Å². The molecule has 0 aromatic carbocycles. The van der Waals surface area contributed by atoms with Crippen LogP contribution in [0.2, 0.25) is 0 Å². The number of hydrogen-bond donors (Lipinski definition) is 3. The van der Waals surface area contributed by atoms with Crippen LogP contribution in [0.5, 0.6) is 0 Å². The Morgan fingerprint density at radius 3 is 2.11 bits per heavy atom. The molecule has 1 radical (unpaired) electrons. The SMILES string of the molecule is CC(C)C[C@H](NC(=O)[C@@H](N)CC(C)C)C(=O)N(C[C]=O)C(=O)CCCCCN. The first-order valence-corrected chi connectivity index (χ1v) is 10.1. The Bertz CT molecular complexity index is 508. The van der Waals surface area contributed by atoms with Crippen LogP contribution >= 0.6 is 0 Å². The van der Waals surface area contributed by atoms with Gasteiger partial charge in [0, 0.05) is 6.42 Å². The van der Waals surface area contributed by atoms with E-state index < -0.39 is 36.3 Å². The summed E-state index contributed by atoms with van der Waals surface area (Å²) >= 11 is 0. The first kappa shape index (κ1) is 26.2. The lowest BCUT2D eigenvalue weighted by atomic mass is 10.00. The number of imide groups is 1. The molecule has 0 heterocycles. The second-order valence-corrected chi connectivity index (χ2v) is 7.99. The molecule has 0 bridgehead atoms. The van der Waals surface area contributed by atoms with Crippen molar-refractivity contribution in [1.29, 1.82) is 0 Å². The van der Waals surface area contributed by atoms with E-state index in [4.69, 9.17) is 11.5 Å². The van der Waals surface area contributed by atoms with Gasteiger partial charge in [0.2, 0.25) is 18.1 Å². The van der Waals surface area contributed by atoms with Crippen molar-refractivity contribution in [2.24, 2.45) is 23.3 Å². The Labute approximate surface area is 168 Å². The molecule has 0 rings (SSSR count). The van der Waals surface area contributed by atoms with Crippen LogP contribution in [0.25, 0.3) is 0 Å². The lowest BCUT2D eigenvalue weighted by molar-refractivity contribution is -0.147. The zero-order valence-electron chi connectivity index (χ0n) is 17.7. The standard InChI is InChI=1S/C20H37N4O4/c1-14(2)12-16(22)19(27)23-17(13-15(3)4)20(28)24(10-11-25)18(26)8-6-5-7-9-21/h14-17H,5-10,12-13,21-22H2,1-4H3,(H,23,27)/t16-,17-/m0/s1. The van der Waals surface area contributed by atoms with Crippen LogP contribution in [0.15, 0.2) is 0 Å². The Morgan fingerprint density at radius 1 is 1.00 bits per heavy atom. The molecule has 0 aliphatic heterocycles. The van der Waals surface area contributed by atoms with Crippen molar-refractivity contribution in [3.8, 4) is 0 Å². The zero-order valence-corrected chi connectivity index (χ0v) is 17.7. The molecule has 0 aliphatic carbocycles. The van der Waals surface area contributed by atoms with E-state index in [0.29, 0.717) is 25.8 Å². The second kappa shape index (κ2) is 14.2. The Morgan fingerprint density at radius 2 is 1.61 bits per heavy atom. The van der Waals surface area contributed by atoms with Gasteiger partial charge in [-0.05, 0) is 44.1 Å². The van der Waals surface area contributed by atoms with Gasteiger partial charge in [0.05, 0.1) is 12.6 Å². The normalized spacial score (nSPS) is 13.3. The lowest BCUT2D eigenvalue weighted by Gasteiger charge is -2.27. The lowest BCUT2D eigenvalue weighted by Crippen LogP contribution is -2.54. The van der Waals surface area contributed by atoms with Gasteiger partial charge < -0.3 is 16.8 Å². The van der Waals surface area contributed by atoms with Crippen LogP contribution in [0, 0.1) is 11.8 Å². The molecular weight excluding hydrogens is 360 g/mol. The van der Waals surface area contributed by atoms with E-state index >= 15 is 0 Å². The third-order valence-corrected chi connectivity index (χ3v) is 4.27. The van der Waals surface area contributed by atoms with Crippen molar-refractivity contribution in [2.45, 2.75) is 78.3 Å². The second-order valence-electron chi connectivity index (χ2n) is 7.99. The fraction of sp³-hybridized carbons (Fsp3) is 0.800. The third kappa shape index (κ3) is 10.5. The minimum atomic E-state index is -0.910. The van der Waals surface area contributed by atoms with E-state index in [9.17, 15) is 19.2 Å². The van der Waals surface area contributed by atoms with Gasteiger partial charge in [-0.1, -0.05) is 34.1 Å². The predicted octanol–water partition coefficient (Wildman–Crippen LogP) is 0.875. The Kier molecular flexibility index (Phi) is 13.3. The van der Waals surface area contributed by atoms with Crippen LogP contribution in [-0.2, 0) is 19.2 Å². The highest BCUT2D eigenvalue weighted by Gasteiger charge is 2.31. The maximum absolute atomic E-state index is 12.9. The molecule has 0 spiro atoms. The zero-order chi connectivity index (χ0) is 21.7. The van der Waals surface area contributed by atoms with Gasteiger partial charge >= 0.3 is 0 Å². The van der Waals surface area contributed by atoms with Gasteiger partial charge in [-0.2, -0.15) is 0 Å². The van der Waals surface area contributed by atoms with Gasteiger partial charge in [-0.25, -0.2) is 0 Å². The van der Waals surface area contributed by atoms with Crippen LogP contribution in [0.1, 0.15) is 66.2 Å². The quantitative estimate of drug-likeness (QED) is 0.372. The summed E-state index contributed by atoms with van der Waals surface area (Å²) in [7, 11) is 0. The summed E-state index contributed by atoms with van der Waals surface area (Å²) in [5, 5.41) is 2.67. The molecule has 0 aromatic rings. The number of nitrogens with one attached hydrogen (secondary N) is 1. The number of nitrogens with two attached hydrogens (primary N) is 2. The summed E-state index contributed by atoms with van der Waals surface area (Å²) in [4.78, 5) is 49.6. The van der Waals surface area contributed by atoms with Crippen LogP contribution in [0.4, 0.5) is 0 Å². The molecule has 0 saturated carbocycles. The van der Waals surface area contributed by atoms with Crippen LogP contribution < -0.4 is 16.8 Å². The first-order valence-electron chi connectivity index (χ1n) is 10.1. The predicted molar refractivity (Wildman–Crippen MR) is 109 cm³/mol. The van der Waals surface area contributed by atoms with Crippen molar-refractivity contribution in [3.63, 3.8) is 0 Å². The fourth-order valence-corrected chi connectivity index (χ4v) is 2.86. The Hall–Kier alpha value is -1.80. The van der Waals surface area contributed by atoms with Gasteiger partial charge in [0.25, 0.3) is 5.91 Å². The summed E-state index contributed by atoms with van der Waals surface area (Å²) in [5.74, 6) is -1.14. The van der Waals surface area contributed by atoms with Crippen LogP contribution in [0.3, 0.4) is 0 Å². The summed E-state index contributed by atoms with van der Waals surface area (Å²) in [6, 6.07) is -1.65. The van der Waals surface area contributed by atoms with E-state index in [2.05, 4.69) is 5.32 Å². The summed E-state index contributed by atoms with van der Waals surface area (Å²) in [5.41, 5.74) is 11.3. The minimum Gasteiger partial charge on any atom is -0.343 e. The molecular formula is C20H37N4O4. The van der Waals surface area contributed by atoms with E-state index in [1.807, 2.05) is 27.7 Å². The fourth-order valence-electron chi connectivity index (χ4n) is 2.86. The van der Waals surface area contributed by atoms with Gasteiger partial charge in [0.15, 0.2) is 0 Å². The van der Waals surface area contributed by atoms with Crippen molar-refractivity contribution in [3.05, 3.63) is 0 Å². The van der Waals surface area contributed by atoms with E-state index in [0.717, 1.165) is 17.7 Å². The summed E-state index contributed by atoms with van der Waals surface area (Å²) < 4.78 is 0. The highest BCUT2D eigenvalue weighted by Crippen LogP contribution is 2.12. The first-order chi connectivity index (χ1) is 13.1. The molecule has 0 saturated heterocycles. The molecule has 5 N–H and O–H groups in total. The van der Waals surface area contributed by atoms with Crippen LogP contribution in [-0.4, -0.2) is 54.1 Å². The Balaban J connectivity index is 5.19. The molecule has 28 heavy (non-hydrogen) atoms. The topological polar surface area (TPSA) is 136 Å². The third-order valence-electron chi connectivity index (χ3n) is 4.27. The molecule has 0 aliphatic rings. The van der Waals surface area contributed by atoms with Crippen molar-refractivity contribution in [1.82, 2.24) is 10.2 Å². The van der Waals surface area contributed by atoms with Gasteiger partial charge in [0.1, 0.15) is 6.04 Å². The number of amides is 3. The average Bonchev–Trinajstić information content (AvgIpc) is 2.60. The number of nitrogens with zero attached hydrogens (tertiary/aromatic N) is 1. The minimum absolute atomic E-state index is 0.0947. The van der Waals surface area contributed by atoms with E-state index in [-0.39, 0.29) is 18.3 Å². The molecule has 2 atom stereocenters. The molecule has 8 nitrogen and oxygen atoms in total. The number of rotatable bonds is 14. The molecule has 8 heteroatoms. The highest BCUT2D eigenvalue weighted by atomic mass is 16.2. The number of unbranched alkanes of at least 4 members (excludes halogenated alkanes) is 2. The van der Waals surface area contributed by atoms with Crippen molar-refractivity contribution >= 4 is 24.0 Å². The van der Waals surface area contributed by atoms with Gasteiger partial charge in [-0.3, -0.25) is 24.1 Å². The molecule has 0 unspecified atom stereocenters. The smallest absolute Gasteiger partial charge is 0.252 e. The van der Waals surface area contributed by atoms with E-state index in [1.54, 1.807) is 6.29 Å².